The highest BCUT2D eigenvalue weighted by atomic mass is 35.5. The first kappa shape index (κ1) is 16.8. The smallest absolute Gasteiger partial charge is 0.194 e. The number of guanidine groups is 1. The van der Waals surface area contributed by atoms with Crippen LogP contribution in [0.1, 0.15) is 23.2 Å². The first-order chi connectivity index (χ1) is 10.6. The maximum Gasteiger partial charge on any atom is 0.194 e. The van der Waals surface area contributed by atoms with Crippen molar-refractivity contribution in [3.8, 4) is 0 Å². The molecule has 0 atom stereocenters. The topological polar surface area (TPSA) is 40.5 Å². The molecule has 1 heterocycles. The average molecular weight is 337 g/mol. The van der Waals surface area contributed by atoms with Crippen LogP contribution in [0.3, 0.4) is 0 Å². The molecule has 2 rings (SSSR count). The van der Waals surface area contributed by atoms with Gasteiger partial charge in [-0.2, -0.15) is 0 Å². The maximum atomic E-state index is 5.90. The lowest BCUT2D eigenvalue weighted by molar-refractivity contribution is 0.471. The van der Waals surface area contributed by atoms with E-state index in [1.165, 1.54) is 0 Å². The van der Waals surface area contributed by atoms with Crippen molar-refractivity contribution in [1.82, 2.24) is 15.2 Å². The molecule has 6 heteroatoms. The number of nitrogens with zero attached hydrogens (tertiary/aromatic N) is 3. The third kappa shape index (κ3) is 5.00. The van der Waals surface area contributed by atoms with E-state index in [1.54, 1.807) is 11.3 Å². The van der Waals surface area contributed by atoms with E-state index in [-0.39, 0.29) is 0 Å². The quantitative estimate of drug-likeness (QED) is 0.668. The van der Waals surface area contributed by atoms with Gasteiger partial charge in [0.25, 0.3) is 0 Å². The summed E-state index contributed by atoms with van der Waals surface area (Å²) in [5.41, 5.74) is 2.21. The molecule has 0 aliphatic heterocycles. The van der Waals surface area contributed by atoms with Crippen LogP contribution in [0.4, 0.5) is 0 Å². The highest BCUT2D eigenvalue weighted by molar-refractivity contribution is 7.09. The number of hydrogen-bond donors (Lipinski definition) is 1. The van der Waals surface area contributed by atoms with Crippen molar-refractivity contribution in [3.63, 3.8) is 0 Å². The maximum absolute atomic E-state index is 5.90. The minimum atomic E-state index is 0.625. The van der Waals surface area contributed by atoms with Crippen molar-refractivity contribution in [2.45, 2.75) is 26.9 Å². The van der Waals surface area contributed by atoms with Gasteiger partial charge in [0.05, 0.1) is 23.8 Å². The summed E-state index contributed by atoms with van der Waals surface area (Å²) in [5.74, 6) is 0.878. The van der Waals surface area contributed by atoms with Gasteiger partial charge in [-0.25, -0.2) is 9.98 Å². The molecule has 22 heavy (non-hydrogen) atoms. The number of rotatable bonds is 5. The number of hydrogen-bond acceptors (Lipinski definition) is 3. The van der Waals surface area contributed by atoms with Crippen molar-refractivity contribution >= 4 is 28.9 Å². The van der Waals surface area contributed by atoms with E-state index in [0.717, 1.165) is 40.3 Å². The molecule has 0 fully saturated rings. The van der Waals surface area contributed by atoms with Crippen LogP contribution in [0.2, 0.25) is 5.02 Å². The van der Waals surface area contributed by atoms with Gasteiger partial charge >= 0.3 is 0 Å². The van der Waals surface area contributed by atoms with Crippen LogP contribution < -0.4 is 5.32 Å². The summed E-state index contributed by atoms with van der Waals surface area (Å²) in [6, 6.07) is 7.78. The van der Waals surface area contributed by atoms with E-state index in [0.29, 0.717) is 6.54 Å². The lowest BCUT2D eigenvalue weighted by Gasteiger charge is -2.21. The lowest BCUT2D eigenvalue weighted by Crippen LogP contribution is -2.38. The van der Waals surface area contributed by atoms with Gasteiger partial charge in [-0.05, 0) is 31.5 Å². The summed E-state index contributed by atoms with van der Waals surface area (Å²) in [6.07, 6.45) is 0. The standard InChI is InChI=1S/C16H21ClN4S/c1-4-18-16(19-9-13-5-7-14(17)8-6-13)21(3)10-15-11-22-12(2)20-15/h5-8,11H,4,9-10H2,1-3H3,(H,18,19). The molecule has 0 aliphatic rings. The normalized spacial score (nSPS) is 11.5. The van der Waals surface area contributed by atoms with Gasteiger partial charge in [-0.3, -0.25) is 0 Å². The number of benzene rings is 1. The van der Waals surface area contributed by atoms with Gasteiger partial charge in [-0.15, -0.1) is 11.3 Å². The fraction of sp³-hybridized carbons (Fsp3) is 0.375. The molecular weight excluding hydrogens is 316 g/mol. The summed E-state index contributed by atoms with van der Waals surface area (Å²) in [7, 11) is 2.03. The zero-order chi connectivity index (χ0) is 15.9. The molecule has 0 saturated heterocycles. The lowest BCUT2D eigenvalue weighted by atomic mass is 10.2. The molecule has 0 spiro atoms. The fourth-order valence-electron chi connectivity index (χ4n) is 2.02. The second-order valence-corrected chi connectivity index (χ2v) is 6.51. The first-order valence-electron chi connectivity index (χ1n) is 7.23. The molecule has 1 aromatic heterocycles. The SMILES string of the molecule is CCNC(=NCc1ccc(Cl)cc1)N(C)Cc1csc(C)n1. The van der Waals surface area contributed by atoms with Crippen LogP contribution in [0, 0.1) is 6.92 Å². The van der Waals surface area contributed by atoms with E-state index >= 15 is 0 Å². The molecule has 4 nitrogen and oxygen atoms in total. The predicted molar refractivity (Wildman–Crippen MR) is 94.6 cm³/mol. The van der Waals surface area contributed by atoms with Crippen molar-refractivity contribution in [2.24, 2.45) is 4.99 Å². The fourth-order valence-corrected chi connectivity index (χ4v) is 2.75. The molecule has 0 aliphatic carbocycles. The third-order valence-corrected chi connectivity index (χ3v) is 4.16. The molecule has 118 valence electrons. The molecule has 0 radical (unpaired) electrons. The van der Waals surface area contributed by atoms with E-state index in [4.69, 9.17) is 11.6 Å². The number of thiazole rings is 1. The molecule has 0 saturated carbocycles. The summed E-state index contributed by atoms with van der Waals surface area (Å²) in [5, 5.41) is 7.24. The Balaban J connectivity index is 2.03. The molecule has 0 bridgehead atoms. The number of aliphatic imine (C=N–C) groups is 1. The second kappa shape index (κ2) is 8.15. The molecule has 2 aromatic rings. The Morgan fingerprint density at radius 2 is 2.09 bits per heavy atom. The Labute approximate surface area is 140 Å². The highest BCUT2D eigenvalue weighted by Crippen LogP contribution is 2.12. The Kier molecular flexibility index (Phi) is 6.21. The Morgan fingerprint density at radius 1 is 1.36 bits per heavy atom. The number of aryl methyl sites for hydroxylation is 1. The van der Waals surface area contributed by atoms with Crippen LogP contribution in [0.5, 0.6) is 0 Å². The number of halogens is 1. The van der Waals surface area contributed by atoms with Gasteiger partial charge < -0.3 is 10.2 Å². The molecular formula is C16H21ClN4S. The van der Waals surface area contributed by atoms with Crippen molar-refractivity contribution in [1.29, 1.82) is 0 Å². The largest absolute Gasteiger partial charge is 0.357 e. The monoisotopic (exact) mass is 336 g/mol. The molecule has 1 N–H and O–H groups in total. The van der Waals surface area contributed by atoms with E-state index in [9.17, 15) is 0 Å². The van der Waals surface area contributed by atoms with E-state index < -0.39 is 0 Å². The predicted octanol–water partition coefficient (Wildman–Crippen LogP) is 3.70. The summed E-state index contributed by atoms with van der Waals surface area (Å²) < 4.78 is 0. The van der Waals surface area contributed by atoms with E-state index in [1.807, 2.05) is 38.2 Å². The van der Waals surface area contributed by atoms with Crippen molar-refractivity contribution in [3.05, 3.63) is 50.9 Å². The minimum Gasteiger partial charge on any atom is -0.357 e. The van der Waals surface area contributed by atoms with Crippen LogP contribution in [0.15, 0.2) is 34.6 Å². The Hall–Kier alpha value is -1.59. The van der Waals surface area contributed by atoms with Crippen LogP contribution in [0.25, 0.3) is 0 Å². The molecule has 1 aromatic carbocycles. The number of nitrogens with one attached hydrogen (secondary N) is 1. The highest BCUT2D eigenvalue weighted by Gasteiger charge is 2.08. The second-order valence-electron chi connectivity index (χ2n) is 5.01. The summed E-state index contributed by atoms with van der Waals surface area (Å²) in [6.45, 7) is 6.29. The van der Waals surface area contributed by atoms with Gasteiger partial charge in [0, 0.05) is 24.0 Å². The minimum absolute atomic E-state index is 0.625. The Bertz CT molecular complexity index is 621. The molecule has 0 amide bonds. The van der Waals surface area contributed by atoms with Crippen LogP contribution >= 0.6 is 22.9 Å². The van der Waals surface area contributed by atoms with Gasteiger partial charge in [0.2, 0.25) is 0 Å². The summed E-state index contributed by atoms with van der Waals surface area (Å²) in [4.78, 5) is 11.3. The zero-order valence-electron chi connectivity index (χ0n) is 13.1. The third-order valence-electron chi connectivity index (χ3n) is 3.09. The Morgan fingerprint density at radius 3 is 2.68 bits per heavy atom. The summed E-state index contributed by atoms with van der Waals surface area (Å²) >= 11 is 7.58. The van der Waals surface area contributed by atoms with Crippen molar-refractivity contribution < 1.29 is 0 Å². The van der Waals surface area contributed by atoms with Gasteiger partial charge in [0.15, 0.2) is 5.96 Å². The first-order valence-corrected chi connectivity index (χ1v) is 8.49. The molecule has 0 unspecified atom stereocenters. The number of aromatic nitrogens is 1. The van der Waals surface area contributed by atoms with Gasteiger partial charge in [-0.1, -0.05) is 23.7 Å². The average Bonchev–Trinajstić information content (AvgIpc) is 2.90. The van der Waals surface area contributed by atoms with Crippen LogP contribution in [-0.2, 0) is 13.1 Å². The van der Waals surface area contributed by atoms with Gasteiger partial charge in [0.1, 0.15) is 0 Å². The van der Waals surface area contributed by atoms with E-state index in [2.05, 4.69) is 32.5 Å². The zero-order valence-corrected chi connectivity index (χ0v) is 14.7. The van der Waals surface area contributed by atoms with Crippen molar-refractivity contribution in [2.75, 3.05) is 13.6 Å². The van der Waals surface area contributed by atoms with Crippen LogP contribution in [-0.4, -0.2) is 29.4 Å².